The molecular weight excluding hydrogens is 593 g/mol. The third kappa shape index (κ3) is 5.51. The summed E-state index contributed by atoms with van der Waals surface area (Å²) in [6, 6.07) is 15.4. The van der Waals surface area contributed by atoms with Crippen LogP contribution in [0.1, 0.15) is 17.9 Å². The topological polar surface area (TPSA) is 72.0 Å². The molecule has 0 aliphatic carbocycles. The Balaban J connectivity index is 1.39. The molecule has 6 rings (SSSR count). The van der Waals surface area contributed by atoms with Crippen LogP contribution in [0.4, 0.5) is 18.9 Å². The number of ether oxygens (including phenoxy) is 4. The second-order valence-electron chi connectivity index (χ2n) is 9.59. The number of halogens is 4. The van der Waals surface area contributed by atoms with Crippen molar-refractivity contribution in [2.24, 2.45) is 0 Å². The number of benzene rings is 3. The molecule has 0 amide bonds. The summed E-state index contributed by atoms with van der Waals surface area (Å²) in [7, 11) is 1.51. The zero-order valence-corrected chi connectivity index (χ0v) is 23.4. The number of hydrogen-bond donors (Lipinski definition) is 0. The summed E-state index contributed by atoms with van der Waals surface area (Å²) in [5.74, 6) is -4.25. The molecule has 3 unspecified atom stereocenters. The Morgan fingerprint density at radius 2 is 1.83 bits per heavy atom. The third-order valence-electron chi connectivity index (χ3n) is 7.03. The van der Waals surface area contributed by atoms with E-state index >= 15 is 0 Å². The lowest BCUT2D eigenvalue weighted by Crippen LogP contribution is -2.59. The van der Waals surface area contributed by atoms with Gasteiger partial charge in [-0.1, -0.05) is 59.3 Å². The highest BCUT2D eigenvalue weighted by Gasteiger charge is 2.52. The minimum absolute atomic E-state index is 0.0110. The van der Waals surface area contributed by atoms with E-state index in [1.165, 1.54) is 29.8 Å². The average Bonchev–Trinajstić information content (AvgIpc) is 3.49. The van der Waals surface area contributed by atoms with Gasteiger partial charge in [-0.2, -0.15) is 0 Å². The second kappa shape index (κ2) is 12.0. The molecule has 216 valence electrons. The summed E-state index contributed by atoms with van der Waals surface area (Å²) < 4.78 is 68.0. The fraction of sp³-hybridized carbons (Fsp3) is 0.276. The van der Waals surface area contributed by atoms with E-state index in [2.05, 4.69) is 15.2 Å². The first kappa shape index (κ1) is 28.7. The molecule has 1 aromatic heterocycles. The van der Waals surface area contributed by atoms with Crippen molar-refractivity contribution < 1.29 is 32.1 Å². The van der Waals surface area contributed by atoms with Crippen LogP contribution in [0, 0.1) is 24.0 Å². The molecule has 2 aliphatic rings. The molecule has 8 nitrogen and oxygen atoms in total. The van der Waals surface area contributed by atoms with Crippen LogP contribution in [-0.4, -0.2) is 52.5 Å². The monoisotopic (exact) mass is 614 g/mol. The van der Waals surface area contributed by atoms with Crippen LogP contribution >= 0.6 is 23.4 Å². The Hall–Kier alpha value is -3.44. The van der Waals surface area contributed by atoms with E-state index in [9.17, 15) is 13.2 Å². The molecule has 42 heavy (non-hydrogen) atoms. The van der Waals surface area contributed by atoms with Gasteiger partial charge in [0.1, 0.15) is 35.5 Å². The average molecular weight is 615 g/mol. The Morgan fingerprint density at radius 1 is 1.07 bits per heavy atom. The van der Waals surface area contributed by atoms with Gasteiger partial charge >= 0.3 is 0 Å². The predicted molar refractivity (Wildman–Crippen MR) is 147 cm³/mol. The minimum Gasteiger partial charge on any atom is -0.375 e. The molecule has 0 N–H and O–H groups in total. The smallest absolute Gasteiger partial charge is 0.200 e. The Kier molecular flexibility index (Phi) is 8.22. The van der Waals surface area contributed by atoms with E-state index in [-0.39, 0.29) is 17.9 Å². The van der Waals surface area contributed by atoms with Crippen molar-refractivity contribution in [1.29, 1.82) is 0 Å². The van der Waals surface area contributed by atoms with E-state index in [0.29, 0.717) is 15.6 Å². The number of hydrogen-bond acceptors (Lipinski definition) is 7. The van der Waals surface area contributed by atoms with Crippen molar-refractivity contribution >= 4 is 29.1 Å². The quantitative estimate of drug-likeness (QED) is 0.176. The molecule has 3 aromatic carbocycles. The summed E-state index contributed by atoms with van der Waals surface area (Å²) in [6.07, 6.45) is -1.15. The van der Waals surface area contributed by atoms with Gasteiger partial charge in [-0.05, 0) is 18.2 Å². The van der Waals surface area contributed by atoms with Crippen LogP contribution in [0.3, 0.4) is 0 Å². The third-order valence-corrected chi connectivity index (χ3v) is 8.46. The molecule has 13 heteroatoms. The summed E-state index contributed by atoms with van der Waals surface area (Å²) in [4.78, 5) is 4.19. The highest BCUT2D eigenvalue weighted by molar-refractivity contribution is 8.00. The molecule has 0 radical (unpaired) electrons. The van der Waals surface area contributed by atoms with Crippen LogP contribution in [0.5, 0.6) is 0 Å². The van der Waals surface area contributed by atoms with E-state index < -0.39 is 53.5 Å². The molecule has 2 saturated heterocycles. The SMILES string of the molecule is [C-]#[N+]c1ccc(Cl)cc1S[C@H]1OC2COC(c3ccccc3)O[C@@H]2[C@H](n2cc(-c3cc(F)c(F)c(F)c3)nn2)C1OC. The van der Waals surface area contributed by atoms with Crippen LogP contribution in [0.2, 0.25) is 5.02 Å². The van der Waals surface area contributed by atoms with Crippen LogP contribution in [0.25, 0.3) is 16.1 Å². The van der Waals surface area contributed by atoms with Gasteiger partial charge in [0.25, 0.3) is 0 Å². The zero-order chi connectivity index (χ0) is 29.4. The van der Waals surface area contributed by atoms with Gasteiger partial charge in [-0.15, -0.1) is 16.9 Å². The van der Waals surface area contributed by atoms with Gasteiger partial charge in [0.2, 0.25) is 5.69 Å². The number of rotatable bonds is 6. The summed E-state index contributed by atoms with van der Waals surface area (Å²) in [5.41, 5.74) is 0.653. The largest absolute Gasteiger partial charge is 0.375 e. The predicted octanol–water partition coefficient (Wildman–Crippen LogP) is 6.75. The zero-order valence-electron chi connectivity index (χ0n) is 21.9. The summed E-state index contributed by atoms with van der Waals surface area (Å²) >= 11 is 7.50. The van der Waals surface area contributed by atoms with Crippen molar-refractivity contribution in [1.82, 2.24) is 15.0 Å². The number of fused-ring (bicyclic) bond motifs is 1. The van der Waals surface area contributed by atoms with E-state index in [1.807, 2.05) is 30.3 Å². The first-order chi connectivity index (χ1) is 20.4. The van der Waals surface area contributed by atoms with Crippen LogP contribution in [0.15, 0.2) is 71.8 Å². The molecule has 2 fully saturated rings. The van der Waals surface area contributed by atoms with Gasteiger partial charge in [0.05, 0.1) is 19.4 Å². The number of nitrogens with zero attached hydrogens (tertiary/aromatic N) is 4. The van der Waals surface area contributed by atoms with Gasteiger partial charge in [-0.25, -0.2) is 22.7 Å². The van der Waals surface area contributed by atoms with Crippen molar-refractivity contribution in [2.45, 2.75) is 41.0 Å². The van der Waals surface area contributed by atoms with Crippen LogP contribution in [-0.2, 0) is 18.9 Å². The molecule has 0 spiro atoms. The van der Waals surface area contributed by atoms with E-state index in [4.69, 9.17) is 37.1 Å². The molecule has 4 aromatic rings. The maximum absolute atomic E-state index is 14.0. The summed E-state index contributed by atoms with van der Waals surface area (Å²) in [6.45, 7) is 7.75. The number of methoxy groups -OCH3 is 1. The van der Waals surface area contributed by atoms with Gasteiger partial charge in [0.15, 0.2) is 23.7 Å². The highest BCUT2D eigenvalue weighted by atomic mass is 35.5. The fourth-order valence-electron chi connectivity index (χ4n) is 5.05. The fourth-order valence-corrected chi connectivity index (χ4v) is 6.57. The van der Waals surface area contributed by atoms with Crippen molar-refractivity contribution in [3.63, 3.8) is 0 Å². The van der Waals surface area contributed by atoms with Gasteiger partial charge < -0.3 is 18.9 Å². The molecule has 2 aliphatic heterocycles. The standard InChI is InChI=1S/C29H22ClF3N4O4S/c1-34-20-9-8-17(30)12-23(20)42-29-27(38-2)25(26-22(40-29)14-39-28(41-26)15-6-4-3-5-7-15)37-13-21(35-36-37)16-10-18(31)24(33)19(32)11-16/h3-13,22,25-29H,14H2,2H3/t22?,25-,26-,27?,28?,29+/m0/s1. The van der Waals surface area contributed by atoms with Gasteiger partial charge in [0, 0.05) is 28.2 Å². The van der Waals surface area contributed by atoms with E-state index in [1.54, 1.807) is 18.2 Å². The molecule has 3 heterocycles. The molecule has 0 bridgehead atoms. The van der Waals surface area contributed by atoms with Crippen LogP contribution < -0.4 is 0 Å². The molecule has 6 atom stereocenters. The maximum Gasteiger partial charge on any atom is 0.200 e. The lowest BCUT2D eigenvalue weighted by Gasteiger charge is -2.48. The first-order valence-electron chi connectivity index (χ1n) is 12.8. The second-order valence-corrected chi connectivity index (χ2v) is 11.2. The van der Waals surface area contributed by atoms with Crippen molar-refractivity contribution in [3.05, 3.63) is 106 Å². The van der Waals surface area contributed by atoms with Crippen molar-refractivity contribution in [2.75, 3.05) is 13.7 Å². The Morgan fingerprint density at radius 3 is 2.55 bits per heavy atom. The Bertz CT molecular complexity index is 1620. The molecule has 0 saturated carbocycles. The summed E-state index contributed by atoms with van der Waals surface area (Å²) in [5, 5.41) is 8.84. The van der Waals surface area contributed by atoms with Crippen molar-refractivity contribution in [3.8, 4) is 11.3 Å². The number of aromatic nitrogens is 3. The number of thioether (sulfide) groups is 1. The first-order valence-corrected chi connectivity index (χ1v) is 14.0. The lowest BCUT2D eigenvalue weighted by molar-refractivity contribution is -0.308. The highest BCUT2D eigenvalue weighted by Crippen LogP contribution is 2.46. The molecular formula is C29H22ClF3N4O4S. The maximum atomic E-state index is 14.0. The lowest BCUT2D eigenvalue weighted by atomic mass is 9.95. The van der Waals surface area contributed by atoms with Gasteiger partial charge in [-0.3, -0.25) is 0 Å². The normalized spacial score (nSPS) is 25.5. The Labute approximate surface area is 248 Å². The van der Waals surface area contributed by atoms with E-state index in [0.717, 1.165) is 17.7 Å². The minimum atomic E-state index is -1.57.